The van der Waals surface area contributed by atoms with Crippen LogP contribution in [0, 0.1) is 11.6 Å². The Morgan fingerprint density at radius 1 is 1.17 bits per heavy atom. The zero-order valence-corrected chi connectivity index (χ0v) is 15.6. The summed E-state index contributed by atoms with van der Waals surface area (Å²) in [7, 11) is 0. The number of hydrogen-bond donors (Lipinski definition) is 3. The summed E-state index contributed by atoms with van der Waals surface area (Å²) in [5, 5.41) is 20.7. The molecule has 3 N–H and O–H groups in total. The number of amides is 1. The van der Waals surface area contributed by atoms with E-state index >= 15 is 0 Å². The zero-order valence-electron chi connectivity index (χ0n) is 15.6. The molecule has 1 aromatic carbocycles. The number of nitrogens with one attached hydrogen (secondary N) is 1. The normalized spacial score (nSPS) is 11.7. The maximum Gasteiger partial charge on any atom is 0.274 e. The van der Waals surface area contributed by atoms with Gasteiger partial charge in [-0.3, -0.25) is 4.79 Å². The molecule has 2 aromatic heterocycles. The molecular weight excluding hydrogens is 398 g/mol. The van der Waals surface area contributed by atoms with Gasteiger partial charge in [0, 0.05) is 6.42 Å². The minimum absolute atomic E-state index is 0.0305. The van der Waals surface area contributed by atoms with Crippen molar-refractivity contribution in [3.8, 4) is 17.1 Å². The van der Waals surface area contributed by atoms with Gasteiger partial charge in [-0.15, -0.1) is 0 Å². The molecule has 1 unspecified atom stereocenters. The second-order valence-corrected chi connectivity index (χ2v) is 6.17. The molecule has 1 atom stereocenters. The highest BCUT2D eigenvalue weighted by molar-refractivity contribution is 6.03. The second-order valence-electron chi connectivity index (χ2n) is 6.17. The van der Waals surface area contributed by atoms with Gasteiger partial charge < -0.3 is 20.3 Å². The van der Waals surface area contributed by atoms with Gasteiger partial charge in [-0.1, -0.05) is 12.1 Å². The summed E-state index contributed by atoms with van der Waals surface area (Å²) in [4.78, 5) is 24.4. The Morgan fingerprint density at radius 2 is 1.90 bits per heavy atom. The number of carbonyl (C=O) groups is 1. The third-order valence-corrected chi connectivity index (χ3v) is 4.03. The van der Waals surface area contributed by atoms with Gasteiger partial charge in [0.1, 0.15) is 29.3 Å². The van der Waals surface area contributed by atoms with Crippen molar-refractivity contribution < 1.29 is 28.5 Å². The molecule has 156 valence electrons. The van der Waals surface area contributed by atoms with Crippen LogP contribution in [0.25, 0.3) is 11.3 Å². The van der Waals surface area contributed by atoms with Gasteiger partial charge in [-0.25, -0.2) is 18.7 Å². The third-order valence-electron chi connectivity index (χ3n) is 4.03. The maximum absolute atomic E-state index is 14.0. The molecule has 3 rings (SSSR count). The van der Waals surface area contributed by atoms with E-state index in [1.807, 2.05) is 0 Å². The summed E-state index contributed by atoms with van der Waals surface area (Å²) < 4.78 is 33.5. The summed E-state index contributed by atoms with van der Waals surface area (Å²) >= 11 is 0. The van der Waals surface area contributed by atoms with Crippen molar-refractivity contribution in [2.24, 2.45) is 0 Å². The van der Waals surface area contributed by atoms with E-state index in [0.29, 0.717) is 0 Å². The highest BCUT2D eigenvalue weighted by Crippen LogP contribution is 2.25. The quantitative estimate of drug-likeness (QED) is 0.515. The average Bonchev–Trinajstić information content (AvgIpc) is 2.75. The molecule has 0 aliphatic carbocycles. The number of nitrogens with zero attached hydrogens (tertiary/aromatic N) is 3. The Labute approximate surface area is 170 Å². The van der Waals surface area contributed by atoms with E-state index in [2.05, 4.69) is 20.3 Å². The number of carbonyl (C=O) groups excluding carboxylic acids is 1. The van der Waals surface area contributed by atoms with Gasteiger partial charge in [0.2, 0.25) is 5.88 Å². The molecule has 0 aliphatic heterocycles. The molecule has 30 heavy (non-hydrogen) atoms. The second kappa shape index (κ2) is 9.81. The predicted octanol–water partition coefficient (Wildman–Crippen LogP) is 2.19. The number of hydrogen-bond acceptors (Lipinski definition) is 7. The lowest BCUT2D eigenvalue weighted by molar-refractivity contribution is 0.0748. The van der Waals surface area contributed by atoms with Gasteiger partial charge in [-0.05, 0) is 24.3 Å². The average molecular weight is 416 g/mol. The van der Waals surface area contributed by atoms with E-state index in [-0.39, 0.29) is 41.5 Å². The van der Waals surface area contributed by atoms with Gasteiger partial charge in [0.25, 0.3) is 5.91 Å². The minimum atomic E-state index is -0.935. The standard InChI is InChI=1S/C20H18F2N4O4/c21-13-3-1-4-14(22)18(13)15-5-2-6-16(25-15)19(29)26-17-9-23-11-24-20(17)30-8-7-12(28)10-27/h1-6,9,11-12,27-28H,7-8,10H2,(H,26,29). The molecule has 0 saturated heterocycles. The Hall–Kier alpha value is -3.50. The predicted molar refractivity (Wildman–Crippen MR) is 103 cm³/mol. The van der Waals surface area contributed by atoms with Crippen LogP contribution in [0.1, 0.15) is 16.9 Å². The number of pyridine rings is 1. The van der Waals surface area contributed by atoms with Gasteiger partial charge in [0.05, 0.1) is 36.8 Å². The van der Waals surface area contributed by atoms with Crippen molar-refractivity contribution in [2.75, 3.05) is 18.5 Å². The Bertz CT molecular complexity index is 1010. The van der Waals surface area contributed by atoms with Crippen molar-refractivity contribution in [1.29, 1.82) is 0 Å². The molecule has 1 amide bonds. The first kappa shape index (κ1) is 21.2. The number of rotatable bonds is 8. The van der Waals surface area contributed by atoms with Gasteiger partial charge >= 0.3 is 0 Å². The van der Waals surface area contributed by atoms with Crippen LogP contribution >= 0.6 is 0 Å². The lowest BCUT2D eigenvalue weighted by Crippen LogP contribution is -2.18. The number of aliphatic hydroxyl groups is 2. The number of halogens is 2. The van der Waals surface area contributed by atoms with Crippen LogP contribution in [0.3, 0.4) is 0 Å². The van der Waals surface area contributed by atoms with Crippen molar-refractivity contribution in [2.45, 2.75) is 12.5 Å². The smallest absolute Gasteiger partial charge is 0.274 e. The number of aromatic nitrogens is 3. The van der Waals surface area contributed by atoms with E-state index in [1.54, 1.807) is 0 Å². The van der Waals surface area contributed by atoms with E-state index in [9.17, 15) is 18.7 Å². The first-order chi connectivity index (χ1) is 14.5. The van der Waals surface area contributed by atoms with Crippen LogP contribution in [0.15, 0.2) is 48.9 Å². The van der Waals surface area contributed by atoms with Crippen molar-refractivity contribution in [3.05, 3.63) is 66.3 Å². The fourth-order valence-corrected chi connectivity index (χ4v) is 2.53. The fourth-order valence-electron chi connectivity index (χ4n) is 2.53. The number of ether oxygens (including phenoxy) is 1. The molecule has 8 nitrogen and oxygen atoms in total. The summed E-state index contributed by atoms with van der Waals surface area (Å²) in [6.45, 7) is -0.358. The summed E-state index contributed by atoms with van der Waals surface area (Å²) in [6.07, 6.45) is 1.75. The monoisotopic (exact) mass is 416 g/mol. The number of benzene rings is 1. The van der Waals surface area contributed by atoms with Crippen molar-refractivity contribution in [3.63, 3.8) is 0 Å². The summed E-state index contributed by atoms with van der Waals surface area (Å²) in [5.41, 5.74) is -0.301. The molecule has 0 spiro atoms. The largest absolute Gasteiger partial charge is 0.476 e. The Balaban J connectivity index is 1.78. The highest BCUT2D eigenvalue weighted by atomic mass is 19.1. The van der Waals surface area contributed by atoms with Crippen molar-refractivity contribution in [1.82, 2.24) is 15.0 Å². The molecule has 3 aromatic rings. The van der Waals surface area contributed by atoms with Crippen molar-refractivity contribution >= 4 is 11.6 Å². The van der Waals surface area contributed by atoms with Crippen LogP contribution in [-0.2, 0) is 0 Å². The molecule has 0 aliphatic rings. The van der Waals surface area contributed by atoms with E-state index in [0.717, 1.165) is 12.1 Å². The lowest BCUT2D eigenvalue weighted by atomic mass is 10.1. The van der Waals surface area contributed by atoms with Crippen LogP contribution in [0.2, 0.25) is 0 Å². The third kappa shape index (κ3) is 5.10. The summed E-state index contributed by atoms with van der Waals surface area (Å²) in [5.74, 6) is -2.20. The van der Waals surface area contributed by atoms with Crippen LogP contribution in [0.4, 0.5) is 14.5 Å². The SMILES string of the molecule is O=C(Nc1cncnc1OCCC(O)CO)c1cccc(-c2c(F)cccc2F)n1. The molecule has 0 bridgehead atoms. The lowest BCUT2D eigenvalue weighted by Gasteiger charge is -2.12. The molecular formula is C20H18F2N4O4. The summed E-state index contributed by atoms with van der Waals surface area (Å²) in [6, 6.07) is 7.68. The molecule has 2 heterocycles. The highest BCUT2D eigenvalue weighted by Gasteiger charge is 2.17. The number of aliphatic hydroxyl groups excluding tert-OH is 2. The molecule has 10 heteroatoms. The maximum atomic E-state index is 14.0. The topological polar surface area (TPSA) is 117 Å². The van der Waals surface area contributed by atoms with Gasteiger partial charge in [-0.2, -0.15) is 4.98 Å². The molecule has 0 saturated carbocycles. The van der Waals surface area contributed by atoms with E-state index < -0.39 is 30.3 Å². The number of anilines is 1. The first-order valence-electron chi connectivity index (χ1n) is 8.94. The Morgan fingerprint density at radius 3 is 2.63 bits per heavy atom. The van der Waals surface area contributed by atoms with Crippen LogP contribution < -0.4 is 10.1 Å². The van der Waals surface area contributed by atoms with Crippen LogP contribution in [0.5, 0.6) is 5.88 Å². The van der Waals surface area contributed by atoms with Gasteiger partial charge in [0.15, 0.2) is 0 Å². The zero-order chi connectivity index (χ0) is 21.5. The Kier molecular flexibility index (Phi) is 6.94. The van der Waals surface area contributed by atoms with E-state index in [1.165, 1.54) is 36.8 Å². The first-order valence-corrected chi connectivity index (χ1v) is 8.94. The fraction of sp³-hybridized carbons (Fsp3) is 0.200. The minimum Gasteiger partial charge on any atom is -0.476 e. The molecule has 0 radical (unpaired) electrons. The van der Waals surface area contributed by atoms with E-state index in [4.69, 9.17) is 9.84 Å². The van der Waals surface area contributed by atoms with Crippen LogP contribution in [-0.4, -0.2) is 50.4 Å². The molecule has 0 fully saturated rings.